The number of benzene rings is 2. The highest BCUT2D eigenvalue weighted by atomic mass is 127. The number of nitrogens with zero attached hydrogens (tertiary/aromatic N) is 2. The van der Waals surface area contributed by atoms with Crippen molar-refractivity contribution in [2.75, 3.05) is 51.9 Å². The van der Waals surface area contributed by atoms with Gasteiger partial charge in [0.25, 0.3) is 0 Å². The Morgan fingerprint density at radius 3 is 2.55 bits per heavy atom. The lowest BCUT2D eigenvalue weighted by molar-refractivity contribution is 0.122. The summed E-state index contributed by atoms with van der Waals surface area (Å²) in [6.45, 7) is 5.98. The highest BCUT2D eigenvalue weighted by molar-refractivity contribution is 14.0. The van der Waals surface area contributed by atoms with E-state index in [0.717, 1.165) is 42.9 Å². The van der Waals surface area contributed by atoms with Gasteiger partial charge in [-0.05, 0) is 48.2 Å². The Hall–Kier alpha value is -2.07. The average Bonchev–Trinajstić information content (AvgIpc) is 2.77. The van der Waals surface area contributed by atoms with Gasteiger partial charge in [0.05, 0.1) is 26.0 Å². The Kier molecular flexibility index (Phi) is 10.3. The van der Waals surface area contributed by atoms with E-state index >= 15 is 0 Å². The molecule has 0 atom stereocenters. The smallest absolute Gasteiger partial charge is 0.191 e. The fourth-order valence-electron chi connectivity index (χ4n) is 3.47. The predicted octanol–water partition coefficient (Wildman–Crippen LogP) is 3.51. The van der Waals surface area contributed by atoms with Crippen LogP contribution in [-0.4, -0.2) is 53.0 Å². The molecule has 170 valence electrons. The molecule has 0 amide bonds. The number of nitrogens with one attached hydrogen (secondary N) is 2. The second kappa shape index (κ2) is 12.7. The molecule has 2 aromatic rings. The maximum Gasteiger partial charge on any atom is 0.191 e. The van der Waals surface area contributed by atoms with Crippen LogP contribution in [0.4, 0.5) is 10.1 Å². The second-order valence-electron chi connectivity index (χ2n) is 7.29. The summed E-state index contributed by atoms with van der Waals surface area (Å²) < 4.78 is 25.3. The number of guanidine groups is 1. The van der Waals surface area contributed by atoms with E-state index in [1.807, 2.05) is 24.0 Å². The van der Waals surface area contributed by atoms with Crippen LogP contribution < -0.4 is 20.3 Å². The molecule has 3 rings (SSSR count). The van der Waals surface area contributed by atoms with Crippen molar-refractivity contribution in [3.05, 3.63) is 58.9 Å². The van der Waals surface area contributed by atoms with E-state index in [9.17, 15) is 4.39 Å². The molecule has 0 spiro atoms. The van der Waals surface area contributed by atoms with Crippen molar-refractivity contribution >= 4 is 35.6 Å². The van der Waals surface area contributed by atoms with Crippen molar-refractivity contribution in [3.8, 4) is 5.75 Å². The molecule has 0 bridgehead atoms. The number of aliphatic imine (C=N–C) groups is 1. The molecule has 1 aliphatic heterocycles. The van der Waals surface area contributed by atoms with Crippen molar-refractivity contribution in [1.82, 2.24) is 10.6 Å². The molecular formula is C23H32FIN4O2. The minimum absolute atomic E-state index is 0. The van der Waals surface area contributed by atoms with Crippen LogP contribution in [0.1, 0.15) is 16.7 Å². The van der Waals surface area contributed by atoms with Crippen molar-refractivity contribution in [2.24, 2.45) is 4.99 Å². The summed E-state index contributed by atoms with van der Waals surface area (Å²) in [6.07, 6.45) is 0.847. The van der Waals surface area contributed by atoms with E-state index in [0.29, 0.717) is 31.4 Å². The number of aryl methyl sites for hydroxylation is 1. The van der Waals surface area contributed by atoms with E-state index in [1.165, 1.54) is 5.56 Å². The van der Waals surface area contributed by atoms with E-state index in [-0.39, 0.29) is 29.8 Å². The number of halogens is 2. The van der Waals surface area contributed by atoms with E-state index in [1.54, 1.807) is 20.2 Å². The summed E-state index contributed by atoms with van der Waals surface area (Å²) in [5, 5.41) is 6.54. The minimum atomic E-state index is -0.201. The van der Waals surface area contributed by atoms with Gasteiger partial charge in [0.1, 0.15) is 11.6 Å². The summed E-state index contributed by atoms with van der Waals surface area (Å²) in [5.41, 5.74) is 3.83. The Morgan fingerprint density at radius 2 is 1.87 bits per heavy atom. The van der Waals surface area contributed by atoms with Crippen molar-refractivity contribution in [1.29, 1.82) is 0 Å². The fourth-order valence-corrected chi connectivity index (χ4v) is 3.47. The molecule has 0 aliphatic carbocycles. The van der Waals surface area contributed by atoms with Gasteiger partial charge in [-0.3, -0.25) is 4.99 Å². The van der Waals surface area contributed by atoms with Gasteiger partial charge in [0, 0.05) is 33.2 Å². The van der Waals surface area contributed by atoms with E-state index < -0.39 is 0 Å². The van der Waals surface area contributed by atoms with E-state index in [2.05, 4.69) is 33.8 Å². The van der Waals surface area contributed by atoms with Gasteiger partial charge in [-0.1, -0.05) is 18.2 Å². The van der Waals surface area contributed by atoms with Gasteiger partial charge in [-0.25, -0.2) is 4.39 Å². The summed E-state index contributed by atoms with van der Waals surface area (Å²) in [5.74, 6) is 1.39. The minimum Gasteiger partial charge on any atom is -0.496 e. The summed E-state index contributed by atoms with van der Waals surface area (Å²) in [4.78, 5) is 6.27. The van der Waals surface area contributed by atoms with Gasteiger partial charge < -0.3 is 25.0 Å². The van der Waals surface area contributed by atoms with Gasteiger partial charge in [0.2, 0.25) is 0 Å². The topological polar surface area (TPSA) is 58.1 Å². The van der Waals surface area contributed by atoms with Crippen LogP contribution in [0.15, 0.2) is 41.4 Å². The number of hydrogen-bond donors (Lipinski definition) is 2. The number of methoxy groups -OCH3 is 1. The average molecular weight is 542 g/mol. The lowest BCUT2D eigenvalue weighted by Crippen LogP contribution is -2.38. The molecular weight excluding hydrogens is 510 g/mol. The van der Waals surface area contributed by atoms with Crippen LogP contribution in [0.5, 0.6) is 5.75 Å². The SMILES string of the molecule is CN=C(NCCc1ccc(C)c(OC)c1)NCc1ccc(N2CCOCC2)c(F)c1.I. The third kappa shape index (κ3) is 7.24. The molecule has 1 fully saturated rings. The van der Waals surface area contributed by atoms with Crippen LogP contribution in [-0.2, 0) is 17.7 Å². The lowest BCUT2D eigenvalue weighted by Gasteiger charge is -2.29. The third-order valence-corrected chi connectivity index (χ3v) is 5.23. The predicted molar refractivity (Wildman–Crippen MR) is 134 cm³/mol. The molecule has 2 N–H and O–H groups in total. The Labute approximate surface area is 201 Å². The summed E-state index contributed by atoms with van der Waals surface area (Å²) >= 11 is 0. The molecule has 8 heteroatoms. The Bertz CT molecular complexity index is 873. The number of rotatable bonds is 7. The highest BCUT2D eigenvalue weighted by Crippen LogP contribution is 2.22. The molecule has 2 aromatic carbocycles. The number of anilines is 1. The number of hydrogen-bond acceptors (Lipinski definition) is 4. The molecule has 1 heterocycles. The normalized spacial score (nSPS) is 14.1. The first-order valence-corrected chi connectivity index (χ1v) is 10.3. The van der Waals surface area contributed by atoms with Gasteiger partial charge in [0.15, 0.2) is 5.96 Å². The van der Waals surface area contributed by atoms with Gasteiger partial charge >= 0.3 is 0 Å². The monoisotopic (exact) mass is 542 g/mol. The Morgan fingerprint density at radius 1 is 1.13 bits per heavy atom. The van der Waals surface area contributed by atoms with Crippen molar-refractivity contribution < 1.29 is 13.9 Å². The van der Waals surface area contributed by atoms with Crippen LogP contribution >= 0.6 is 24.0 Å². The fraction of sp³-hybridized carbons (Fsp3) is 0.435. The molecule has 6 nitrogen and oxygen atoms in total. The molecule has 0 unspecified atom stereocenters. The molecule has 1 saturated heterocycles. The van der Waals surface area contributed by atoms with Crippen molar-refractivity contribution in [2.45, 2.75) is 19.9 Å². The first-order chi connectivity index (χ1) is 14.6. The molecule has 0 radical (unpaired) electrons. The van der Waals surface area contributed by atoms with E-state index in [4.69, 9.17) is 9.47 Å². The standard InChI is InChI=1S/C23H31FN4O2.HI/c1-17-4-5-18(15-22(17)29-3)8-9-26-23(25-2)27-16-19-6-7-21(20(24)14-19)28-10-12-30-13-11-28;/h4-7,14-15H,8-13,16H2,1-3H3,(H2,25,26,27);1H. The van der Waals surface area contributed by atoms with Crippen LogP contribution in [0, 0.1) is 12.7 Å². The first kappa shape index (κ1) is 25.2. The molecule has 0 aromatic heterocycles. The second-order valence-corrected chi connectivity index (χ2v) is 7.29. The van der Waals surface area contributed by atoms with Crippen LogP contribution in [0.2, 0.25) is 0 Å². The zero-order valence-electron chi connectivity index (χ0n) is 18.4. The Balaban J connectivity index is 0.00000341. The summed E-state index contributed by atoms with van der Waals surface area (Å²) in [7, 11) is 3.42. The first-order valence-electron chi connectivity index (χ1n) is 10.3. The molecule has 0 saturated carbocycles. The third-order valence-electron chi connectivity index (χ3n) is 5.23. The highest BCUT2D eigenvalue weighted by Gasteiger charge is 2.15. The van der Waals surface area contributed by atoms with Gasteiger partial charge in [-0.15, -0.1) is 24.0 Å². The van der Waals surface area contributed by atoms with Crippen LogP contribution in [0.3, 0.4) is 0 Å². The van der Waals surface area contributed by atoms with Crippen LogP contribution in [0.25, 0.3) is 0 Å². The zero-order chi connectivity index (χ0) is 21.3. The molecule has 31 heavy (non-hydrogen) atoms. The quantitative estimate of drug-likeness (QED) is 0.319. The number of morpholine rings is 1. The zero-order valence-corrected chi connectivity index (χ0v) is 20.7. The lowest BCUT2D eigenvalue weighted by atomic mass is 10.1. The molecule has 1 aliphatic rings. The summed E-state index contributed by atoms with van der Waals surface area (Å²) in [6, 6.07) is 11.6. The van der Waals surface area contributed by atoms with Crippen molar-refractivity contribution in [3.63, 3.8) is 0 Å². The largest absolute Gasteiger partial charge is 0.496 e. The van der Waals surface area contributed by atoms with Gasteiger partial charge in [-0.2, -0.15) is 0 Å². The maximum absolute atomic E-state index is 14.6. The number of ether oxygens (including phenoxy) is 2. The maximum atomic E-state index is 14.6.